The van der Waals surface area contributed by atoms with Crippen LogP contribution in [0, 0.1) is 6.92 Å². The Kier molecular flexibility index (Phi) is 5.27. The first kappa shape index (κ1) is 15.9. The van der Waals surface area contributed by atoms with Crippen molar-refractivity contribution in [3.05, 3.63) is 34.8 Å². The molecule has 0 aliphatic carbocycles. The maximum Gasteiger partial charge on any atom is 0.264 e. The Balaban J connectivity index is 2.23. The van der Waals surface area contributed by atoms with Crippen LogP contribution in [0.15, 0.2) is 29.2 Å². The lowest BCUT2D eigenvalue weighted by Crippen LogP contribution is -2.19. The number of sulfonamides is 1. The van der Waals surface area contributed by atoms with Crippen molar-refractivity contribution in [3.8, 4) is 0 Å². The summed E-state index contributed by atoms with van der Waals surface area (Å²) < 4.78 is 27.4. The molecule has 0 saturated heterocycles. The standard InChI is InChI=1S/C13H18N4O2S2/c1-3-8-14-9-11-6-4-5-7-12(11)21(18,19)17-13-16-15-10(2)20-13/h4-7,14H,3,8-9H2,1-2H3,(H,16,17). The molecule has 0 atom stereocenters. The average molecular weight is 326 g/mol. The summed E-state index contributed by atoms with van der Waals surface area (Å²) >= 11 is 1.21. The van der Waals surface area contributed by atoms with Crippen molar-refractivity contribution in [3.63, 3.8) is 0 Å². The molecule has 0 spiro atoms. The highest BCUT2D eigenvalue weighted by molar-refractivity contribution is 7.93. The minimum absolute atomic E-state index is 0.265. The molecule has 8 heteroatoms. The van der Waals surface area contributed by atoms with Crippen molar-refractivity contribution >= 4 is 26.5 Å². The van der Waals surface area contributed by atoms with Crippen LogP contribution in [-0.4, -0.2) is 25.2 Å². The predicted octanol–water partition coefficient (Wildman–Crippen LogP) is 2.15. The third-order valence-electron chi connectivity index (χ3n) is 2.75. The molecule has 0 radical (unpaired) electrons. The minimum atomic E-state index is -3.65. The Hall–Kier alpha value is -1.51. The first-order chi connectivity index (χ1) is 10.0. The second kappa shape index (κ2) is 6.97. The summed E-state index contributed by atoms with van der Waals surface area (Å²) in [6, 6.07) is 6.95. The van der Waals surface area contributed by atoms with Gasteiger partial charge in [-0.1, -0.05) is 36.5 Å². The predicted molar refractivity (Wildman–Crippen MR) is 83.9 cm³/mol. The first-order valence-electron chi connectivity index (χ1n) is 6.64. The van der Waals surface area contributed by atoms with Crippen LogP contribution in [-0.2, 0) is 16.6 Å². The van der Waals surface area contributed by atoms with Crippen LogP contribution >= 0.6 is 11.3 Å². The Morgan fingerprint density at radius 2 is 2.00 bits per heavy atom. The maximum absolute atomic E-state index is 12.5. The number of nitrogens with zero attached hydrogens (tertiary/aromatic N) is 2. The van der Waals surface area contributed by atoms with Crippen LogP contribution in [0.1, 0.15) is 23.9 Å². The Morgan fingerprint density at radius 1 is 1.24 bits per heavy atom. The summed E-state index contributed by atoms with van der Waals surface area (Å²) in [4.78, 5) is 0.265. The molecular formula is C13H18N4O2S2. The maximum atomic E-state index is 12.5. The number of hydrogen-bond donors (Lipinski definition) is 2. The van der Waals surface area contributed by atoms with Gasteiger partial charge < -0.3 is 5.32 Å². The van der Waals surface area contributed by atoms with Gasteiger partial charge in [0, 0.05) is 6.54 Å². The number of hydrogen-bond acceptors (Lipinski definition) is 6. The lowest BCUT2D eigenvalue weighted by Gasteiger charge is -2.11. The van der Waals surface area contributed by atoms with E-state index in [1.165, 1.54) is 11.3 Å². The van der Waals surface area contributed by atoms with Crippen molar-refractivity contribution in [2.75, 3.05) is 11.3 Å². The normalized spacial score (nSPS) is 11.5. The Bertz CT molecular complexity index is 698. The van der Waals surface area contributed by atoms with E-state index in [1.54, 1.807) is 19.1 Å². The van der Waals surface area contributed by atoms with E-state index in [0.29, 0.717) is 11.6 Å². The topological polar surface area (TPSA) is 84.0 Å². The third kappa shape index (κ3) is 4.23. The fraction of sp³-hybridized carbons (Fsp3) is 0.385. The second-order valence-corrected chi connectivity index (χ2v) is 7.35. The van der Waals surface area contributed by atoms with Gasteiger partial charge in [0.25, 0.3) is 10.0 Å². The van der Waals surface area contributed by atoms with Gasteiger partial charge in [0.1, 0.15) is 5.01 Å². The second-order valence-electron chi connectivity index (χ2n) is 4.52. The molecule has 1 aromatic heterocycles. The lowest BCUT2D eigenvalue weighted by molar-refractivity contribution is 0.597. The zero-order chi connectivity index (χ0) is 15.3. The van der Waals surface area contributed by atoms with E-state index in [4.69, 9.17) is 0 Å². The van der Waals surface area contributed by atoms with Crippen molar-refractivity contribution in [2.24, 2.45) is 0 Å². The molecule has 2 aromatic rings. The Labute approximate surface area is 128 Å². The molecule has 0 bridgehead atoms. The smallest absolute Gasteiger partial charge is 0.264 e. The number of nitrogens with one attached hydrogen (secondary N) is 2. The molecule has 21 heavy (non-hydrogen) atoms. The Morgan fingerprint density at radius 3 is 2.67 bits per heavy atom. The van der Waals surface area contributed by atoms with Gasteiger partial charge in [0.05, 0.1) is 4.90 Å². The van der Waals surface area contributed by atoms with E-state index >= 15 is 0 Å². The highest BCUT2D eigenvalue weighted by atomic mass is 32.2. The zero-order valence-corrected chi connectivity index (χ0v) is 13.6. The fourth-order valence-corrected chi connectivity index (χ4v) is 3.88. The van der Waals surface area contributed by atoms with Crippen molar-refractivity contribution < 1.29 is 8.42 Å². The van der Waals surface area contributed by atoms with E-state index in [1.807, 2.05) is 12.1 Å². The van der Waals surface area contributed by atoms with Gasteiger partial charge in [-0.25, -0.2) is 8.42 Å². The molecule has 0 aliphatic rings. The summed E-state index contributed by atoms with van der Waals surface area (Å²) in [7, 11) is -3.65. The highest BCUT2D eigenvalue weighted by Gasteiger charge is 2.19. The minimum Gasteiger partial charge on any atom is -0.313 e. The monoisotopic (exact) mass is 326 g/mol. The molecule has 0 fully saturated rings. The van der Waals surface area contributed by atoms with Crippen LogP contribution < -0.4 is 10.0 Å². The lowest BCUT2D eigenvalue weighted by atomic mass is 10.2. The summed E-state index contributed by atoms with van der Waals surface area (Å²) in [5, 5.41) is 11.8. The summed E-state index contributed by atoms with van der Waals surface area (Å²) in [6.45, 7) is 5.20. The first-order valence-corrected chi connectivity index (χ1v) is 8.94. The molecule has 0 unspecified atom stereocenters. The average Bonchev–Trinajstić information content (AvgIpc) is 2.84. The van der Waals surface area contributed by atoms with E-state index in [0.717, 1.165) is 18.5 Å². The van der Waals surface area contributed by atoms with Crippen molar-refractivity contribution in [1.82, 2.24) is 15.5 Å². The number of rotatable bonds is 7. The summed E-state index contributed by atoms with van der Waals surface area (Å²) in [5.41, 5.74) is 0.736. The van der Waals surface area contributed by atoms with Crippen LogP contribution in [0.4, 0.5) is 5.13 Å². The van der Waals surface area contributed by atoms with E-state index in [2.05, 4.69) is 27.2 Å². The van der Waals surface area contributed by atoms with E-state index in [-0.39, 0.29) is 10.0 Å². The molecule has 0 amide bonds. The van der Waals surface area contributed by atoms with Crippen LogP contribution in [0.3, 0.4) is 0 Å². The largest absolute Gasteiger partial charge is 0.313 e. The molecule has 0 saturated carbocycles. The zero-order valence-electron chi connectivity index (χ0n) is 12.0. The number of aromatic nitrogens is 2. The molecule has 0 aliphatic heterocycles. The van der Waals surface area contributed by atoms with Crippen molar-refractivity contribution in [1.29, 1.82) is 0 Å². The third-order valence-corrected chi connectivity index (χ3v) is 5.07. The quantitative estimate of drug-likeness (QED) is 0.762. The van der Waals surface area contributed by atoms with Crippen LogP contribution in [0.25, 0.3) is 0 Å². The van der Waals surface area contributed by atoms with Gasteiger partial charge in [-0.15, -0.1) is 10.2 Å². The molecule has 114 valence electrons. The highest BCUT2D eigenvalue weighted by Crippen LogP contribution is 2.21. The number of aryl methyl sites for hydroxylation is 1. The molecular weight excluding hydrogens is 308 g/mol. The summed E-state index contributed by atoms with van der Waals surface area (Å²) in [6.07, 6.45) is 0.997. The van der Waals surface area contributed by atoms with Gasteiger partial charge >= 0.3 is 0 Å². The van der Waals surface area contributed by atoms with E-state index < -0.39 is 10.0 Å². The van der Waals surface area contributed by atoms with Crippen LogP contribution in [0.2, 0.25) is 0 Å². The molecule has 6 nitrogen and oxygen atoms in total. The summed E-state index contributed by atoms with van der Waals surface area (Å²) in [5.74, 6) is 0. The van der Waals surface area contributed by atoms with Crippen LogP contribution in [0.5, 0.6) is 0 Å². The molecule has 2 N–H and O–H groups in total. The van der Waals surface area contributed by atoms with Gasteiger partial charge in [-0.05, 0) is 31.5 Å². The number of benzene rings is 1. The van der Waals surface area contributed by atoms with E-state index in [9.17, 15) is 8.42 Å². The molecule has 1 aromatic carbocycles. The van der Waals surface area contributed by atoms with Crippen molar-refractivity contribution in [2.45, 2.75) is 31.7 Å². The SMILES string of the molecule is CCCNCc1ccccc1S(=O)(=O)Nc1nnc(C)s1. The number of anilines is 1. The van der Waals surface area contributed by atoms with Gasteiger partial charge in [-0.3, -0.25) is 4.72 Å². The van der Waals surface area contributed by atoms with Gasteiger partial charge in [-0.2, -0.15) is 0 Å². The molecule has 1 heterocycles. The van der Waals surface area contributed by atoms with Gasteiger partial charge in [0.2, 0.25) is 5.13 Å². The fourth-order valence-electron chi connectivity index (χ4n) is 1.82. The molecule has 2 rings (SSSR count). The van der Waals surface area contributed by atoms with Gasteiger partial charge in [0.15, 0.2) is 0 Å².